The van der Waals surface area contributed by atoms with Crippen LogP contribution in [0.2, 0.25) is 0 Å². The van der Waals surface area contributed by atoms with E-state index in [9.17, 15) is 23.2 Å². The van der Waals surface area contributed by atoms with Gasteiger partial charge in [0, 0.05) is 32.5 Å². The Kier molecular flexibility index (Phi) is 15.7. The monoisotopic (exact) mass is 753 g/mol. The van der Waals surface area contributed by atoms with Crippen LogP contribution in [-0.2, 0) is 23.8 Å². The summed E-state index contributed by atoms with van der Waals surface area (Å²) in [6.45, 7) is 9.79. The van der Waals surface area contributed by atoms with Gasteiger partial charge in [-0.05, 0) is 81.3 Å². The van der Waals surface area contributed by atoms with Crippen molar-refractivity contribution in [1.82, 2.24) is 4.90 Å². The van der Waals surface area contributed by atoms with Gasteiger partial charge in [-0.3, -0.25) is 19.3 Å². The van der Waals surface area contributed by atoms with E-state index in [1.807, 2.05) is 48.5 Å². The zero-order valence-corrected chi connectivity index (χ0v) is 33.5. The van der Waals surface area contributed by atoms with Crippen LogP contribution in [0.5, 0.6) is 0 Å². The minimum Gasteiger partial charge on any atom is -0.460 e. The molecular weight excluding hydrogens is 693 g/mol. The van der Waals surface area contributed by atoms with Gasteiger partial charge in [-0.15, -0.1) is 0 Å². The fraction of sp³-hybridized carbons (Fsp3) is 0.614. The number of alkyl halides is 2. The highest BCUT2D eigenvalue weighted by atomic mass is 32.2. The third-order valence-electron chi connectivity index (χ3n) is 10.6. The van der Waals surface area contributed by atoms with Crippen LogP contribution in [0.25, 0.3) is 0 Å². The first kappa shape index (κ1) is 42.7. The number of hydrogen-bond donors (Lipinski definition) is 0. The Labute approximate surface area is 320 Å². The molecule has 0 saturated carbocycles. The Balaban J connectivity index is 1.54. The number of imide groups is 1. The molecule has 292 valence electrons. The number of benzene rings is 2. The third kappa shape index (κ3) is 10.8. The van der Waals surface area contributed by atoms with Crippen LogP contribution in [0.15, 0.2) is 66.7 Å². The van der Waals surface area contributed by atoms with Crippen molar-refractivity contribution >= 4 is 28.9 Å². The summed E-state index contributed by atoms with van der Waals surface area (Å²) < 4.78 is 39.3. The summed E-state index contributed by atoms with van der Waals surface area (Å²) >= 11 is 1.18. The first-order valence-electron chi connectivity index (χ1n) is 19.7. The number of ether oxygens (including phenoxy) is 2. The van der Waals surface area contributed by atoms with Crippen molar-refractivity contribution in [3.63, 3.8) is 0 Å². The standard InChI is InChI=1S/C44H61F2NO5S/c1-7-8-9-13-21-29-43(45,46)30-22-14-11-10-12-18-26-35(36(28-31-51-6)40(49)52-42(3,4)5)39(48)47-38-32(2)34-25-19-20-27-37(34)44(38,53-41(47)50)33-23-16-15-17-24-33/h15-20,23-27,32,35-36,38H,7-14,21-22,28-31H2,1-6H3/b26-18+/t32?,35-,36+,38-,44?/m0/s1. The maximum absolute atomic E-state index is 15.0. The number of amides is 2. The average Bonchev–Trinajstić information content (AvgIpc) is 3.56. The second-order valence-electron chi connectivity index (χ2n) is 15.8. The van der Waals surface area contributed by atoms with Gasteiger partial charge in [0.15, 0.2) is 0 Å². The number of rotatable bonds is 21. The van der Waals surface area contributed by atoms with Gasteiger partial charge in [-0.2, -0.15) is 0 Å². The van der Waals surface area contributed by atoms with Crippen LogP contribution in [-0.4, -0.2) is 53.3 Å². The number of carbonyl (C=O) groups excluding carboxylic acids is 3. The molecule has 0 N–H and O–H groups in total. The van der Waals surface area contributed by atoms with Gasteiger partial charge in [0.1, 0.15) is 5.60 Å². The molecule has 1 aliphatic carbocycles. The van der Waals surface area contributed by atoms with Crippen LogP contribution < -0.4 is 0 Å². The summed E-state index contributed by atoms with van der Waals surface area (Å²) in [4.78, 5) is 44.4. The highest BCUT2D eigenvalue weighted by Crippen LogP contribution is 2.63. The van der Waals surface area contributed by atoms with E-state index in [1.165, 1.54) is 16.7 Å². The molecule has 1 aliphatic heterocycles. The van der Waals surface area contributed by atoms with E-state index in [0.717, 1.165) is 55.2 Å². The van der Waals surface area contributed by atoms with Crippen LogP contribution in [0.4, 0.5) is 13.6 Å². The Morgan fingerprint density at radius 3 is 2.19 bits per heavy atom. The lowest BCUT2D eigenvalue weighted by atomic mass is 9.83. The zero-order chi connectivity index (χ0) is 38.6. The molecule has 1 heterocycles. The Morgan fingerprint density at radius 2 is 1.55 bits per heavy atom. The number of esters is 1. The van der Waals surface area contributed by atoms with E-state index in [1.54, 1.807) is 34.0 Å². The molecule has 1 fully saturated rings. The lowest BCUT2D eigenvalue weighted by Crippen LogP contribution is -2.49. The molecule has 1 saturated heterocycles. The van der Waals surface area contributed by atoms with Crippen LogP contribution in [0, 0.1) is 11.8 Å². The number of nitrogens with zero attached hydrogens (tertiary/aromatic N) is 1. The second-order valence-corrected chi connectivity index (χ2v) is 17.0. The van der Waals surface area contributed by atoms with Crippen molar-refractivity contribution in [1.29, 1.82) is 0 Å². The Bertz CT molecular complexity index is 1530. The highest BCUT2D eigenvalue weighted by Gasteiger charge is 2.64. The number of unbranched alkanes of at least 4 members (excludes halogenated alkanes) is 8. The van der Waals surface area contributed by atoms with Crippen LogP contribution in [0.3, 0.4) is 0 Å². The van der Waals surface area contributed by atoms with Crippen LogP contribution in [0.1, 0.15) is 141 Å². The van der Waals surface area contributed by atoms with Gasteiger partial charge in [0.05, 0.1) is 22.6 Å². The smallest absolute Gasteiger partial charge is 0.310 e. The Hall–Kier alpha value is -3.04. The fourth-order valence-corrected chi connectivity index (χ4v) is 9.56. The molecule has 2 aromatic rings. The molecule has 2 aliphatic rings. The van der Waals surface area contributed by atoms with Crippen LogP contribution >= 0.6 is 11.8 Å². The number of methoxy groups -OCH3 is 1. The SMILES string of the molecule is CCCCCCCC(F)(F)CCCCCC/C=C/[C@H](C(=O)N1C(=O)SC2(c3ccccc3)c3ccccc3C(C)[C@H]12)[C@@H](CCOC)C(=O)OC(C)(C)C. The molecule has 0 spiro atoms. The second kappa shape index (κ2) is 19.5. The quantitative estimate of drug-likeness (QED) is 0.0718. The van der Waals surface area contributed by atoms with Gasteiger partial charge in [-0.25, -0.2) is 8.78 Å². The predicted molar refractivity (Wildman–Crippen MR) is 210 cm³/mol. The van der Waals surface area contributed by atoms with Crippen molar-refractivity contribution in [3.05, 3.63) is 83.4 Å². The summed E-state index contributed by atoms with van der Waals surface area (Å²) in [5, 5.41) is -0.337. The molecule has 0 bridgehead atoms. The lowest BCUT2D eigenvalue weighted by molar-refractivity contribution is -0.164. The number of thioether (sulfide) groups is 1. The number of halogens is 2. The van der Waals surface area contributed by atoms with Crippen molar-refractivity contribution in [2.45, 2.75) is 146 Å². The molecule has 53 heavy (non-hydrogen) atoms. The molecule has 2 aromatic carbocycles. The first-order valence-corrected chi connectivity index (χ1v) is 20.6. The van der Waals surface area contributed by atoms with Gasteiger partial charge in [0.2, 0.25) is 11.8 Å². The van der Waals surface area contributed by atoms with Gasteiger partial charge in [0.25, 0.3) is 5.24 Å². The zero-order valence-electron chi connectivity index (χ0n) is 32.7. The fourth-order valence-electron chi connectivity index (χ4n) is 8.00. The maximum atomic E-state index is 15.0. The minimum atomic E-state index is -2.61. The van der Waals surface area contributed by atoms with Crippen molar-refractivity contribution in [3.8, 4) is 0 Å². The maximum Gasteiger partial charge on any atom is 0.310 e. The van der Waals surface area contributed by atoms with E-state index in [2.05, 4.69) is 26.0 Å². The lowest BCUT2D eigenvalue weighted by Gasteiger charge is -2.35. The number of hydrogen-bond acceptors (Lipinski definition) is 6. The largest absolute Gasteiger partial charge is 0.460 e. The van der Waals surface area contributed by atoms with E-state index in [4.69, 9.17) is 9.47 Å². The Morgan fingerprint density at radius 1 is 0.925 bits per heavy atom. The number of carbonyl (C=O) groups is 3. The molecule has 0 aromatic heterocycles. The van der Waals surface area contributed by atoms with Crippen molar-refractivity contribution in [2.24, 2.45) is 11.8 Å². The highest BCUT2D eigenvalue weighted by molar-refractivity contribution is 8.15. The molecule has 2 unspecified atom stereocenters. The molecule has 2 amide bonds. The van der Waals surface area contributed by atoms with Gasteiger partial charge < -0.3 is 9.47 Å². The third-order valence-corrected chi connectivity index (χ3v) is 12.0. The molecule has 6 nitrogen and oxygen atoms in total. The predicted octanol–water partition coefficient (Wildman–Crippen LogP) is 11.6. The summed E-state index contributed by atoms with van der Waals surface area (Å²) in [6, 6.07) is 17.5. The van der Waals surface area contributed by atoms with Gasteiger partial charge in [-0.1, -0.05) is 119 Å². The van der Waals surface area contributed by atoms with E-state index >= 15 is 0 Å². The first-order chi connectivity index (χ1) is 25.3. The topological polar surface area (TPSA) is 72.9 Å². The summed E-state index contributed by atoms with van der Waals surface area (Å²) in [7, 11) is 1.55. The number of allylic oxidation sites excluding steroid dienone is 1. The molecule has 9 heteroatoms. The van der Waals surface area contributed by atoms with E-state index < -0.39 is 46.0 Å². The van der Waals surface area contributed by atoms with Gasteiger partial charge >= 0.3 is 5.97 Å². The summed E-state index contributed by atoms with van der Waals surface area (Å²) in [5.74, 6) is -5.55. The van der Waals surface area contributed by atoms with Crippen molar-refractivity contribution in [2.75, 3.05) is 13.7 Å². The molecule has 5 atom stereocenters. The summed E-state index contributed by atoms with van der Waals surface area (Å²) in [6.07, 6.45) is 11.8. The number of fused-ring (bicyclic) bond motifs is 3. The molecular formula is C44H61F2NO5S. The molecule has 0 radical (unpaired) electrons. The minimum absolute atomic E-state index is 0.0347. The van der Waals surface area contributed by atoms with E-state index in [-0.39, 0.29) is 37.0 Å². The molecule has 4 rings (SSSR count). The van der Waals surface area contributed by atoms with Crippen molar-refractivity contribution < 1.29 is 32.6 Å². The normalized spacial score (nSPS) is 21.1. The average molecular weight is 754 g/mol. The van der Waals surface area contributed by atoms with E-state index in [0.29, 0.717) is 25.7 Å². The summed E-state index contributed by atoms with van der Waals surface area (Å²) in [5.41, 5.74) is 2.29.